The maximum atomic E-state index is 12.5. The molecular formula is C23H32N2O2. The third-order valence-corrected chi connectivity index (χ3v) is 4.96. The molecule has 2 aromatic rings. The van der Waals surface area contributed by atoms with Crippen molar-refractivity contribution in [2.45, 2.75) is 54.2 Å². The number of carbonyl (C=O) groups excluding carboxylic acids is 1. The Labute approximate surface area is 163 Å². The summed E-state index contributed by atoms with van der Waals surface area (Å²) in [6, 6.07) is 12.1. The molecule has 0 fully saturated rings. The fraction of sp³-hybridized carbons (Fsp3) is 0.435. The van der Waals surface area contributed by atoms with Crippen molar-refractivity contribution in [2.75, 3.05) is 18.4 Å². The molecule has 27 heavy (non-hydrogen) atoms. The number of nitrogens with zero attached hydrogens (tertiary/aromatic N) is 1. The Morgan fingerprint density at radius 2 is 1.70 bits per heavy atom. The fourth-order valence-corrected chi connectivity index (χ4v) is 3.01. The van der Waals surface area contributed by atoms with E-state index in [1.54, 1.807) is 6.92 Å². The molecule has 0 bridgehead atoms. The standard InChI is InChI=1S/C23H32N2O2/c1-7-25(8-2)15-20-9-11-21(12-10-20)24-23(26)19(6)27-22-14-16(3)13-17(4)18(22)5/h9-14,19H,7-8,15H2,1-6H3,(H,24,26)/t19-/m0/s1. The van der Waals surface area contributed by atoms with Crippen molar-refractivity contribution in [2.24, 2.45) is 0 Å². The average molecular weight is 369 g/mol. The molecule has 0 aromatic heterocycles. The smallest absolute Gasteiger partial charge is 0.265 e. The number of ether oxygens (including phenoxy) is 1. The van der Waals surface area contributed by atoms with Gasteiger partial charge in [-0.15, -0.1) is 0 Å². The van der Waals surface area contributed by atoms with Crippen LogP contribution in [0.4, 0.5) is 5.69 Å². The highest BCUT2D eigenvalue weighted by atomic mass is 16.5. The van der Waals surface area contributed by atoms with Crippen LogP contribution in [0.2, 0.25) is 0 Å². The van der Waals surface area contributed by atoms with Gasteiger partial charge in [0.1, 0.15) is 5.75 Å². The van der Waals surface area contributed by atoms with Gasteiger partial charge in [0.15, 0.2) is 6.10 Å². The van der Waals surface area contributed by atoms with E-state index in [0.29, 0.717) is 0 Å². The van der Waals surface area contributed by atoms with Crippen molar-refractivity contribution in [3.05, 3.63) is 58.7 Å². The van der Waals surface area contributed by atoms with Crippen molar-refractivity contribution in [3.8, 4) is 5.75 Å². The highest BCUT2D eigenvalue weighted by Gasteiger charge is 2.17. The first-order chi connectivity index (χ1) is 12.8. The number of aryl methyl sites for hydroxylation is 2. The summed E-state index contributed by atoms with van der Waals surface area (Å²) in [5, 5.41) is 2.94. The van der Waals surface area contributed by atoms with Gasteiger partial charge in [0.25, 0.3) is 5.91 Å². The molecule has 2 aromatic carbocycles. The van der Waals surface area contributed by atoms with Crippen LogP contribution in [0.1, 0.15) is 43.0 Å². The number of hydrogen-bond donors (Lipinski definition) is 1. The van der Waals surface area contributed by atoms with Crippen LogP contribution in [0.3, 0.4) is 0 Å². The zero-order chi connectivity index (χ0) is 20.0. The van der Waals surface area contributed by atoms with E-state index in [-0.39, 0.29) is 5.91 Å². The Hall–Kier alpha value is -2.33. The zero-order valence-electron chi connectivity index (χ0n) is 17.4. The van der Waals surface area contributed by atoms with Gasteiger partial charge in [-0.3, -0.25) is 9.69 Å². The van der Waals surface area contributed by atoms with Gasteiger partial charge in [0.2, 0.25) is 0 Å². The first-order valence-electron chi connectivity index (χ1n) is 9.70. The van der Waals surface area contributed by atoms with E-state index in [1.807, 2.05) is 32.0 Å². The van der Waals surface area contributed by atoms with Crippen LogP contribution in [0, 0.1) is 20.8 Å². The predicted octanol–water partition coefficient (Wildman–Crippen LogP) is 4.86. The van der Waals surface area contributed by atoms with E-state index >= 15 is 0 Å². The van der Waals surface area contributed by atoms with Crippen molar-refractivity contribution < 1.29 is 9.53 Å². The van der Waals surface area contributed by atoms with Crippen LogP contribution in [-0.2, 0) is 11.3 Å². The molecule has 1 amide bonds. The van der Waals surface area contributed by atoms with Gasteiger partial charge in [-0.2, -0.15) is 0 Å². The molecule has 0 heterocycles. The van der Waals surface area contributed by atoms with E-state index in [1.165, 1.54) is 11.1 Å². The van der Waals surface area contributed by atoms with Gasteiger partial charge in [0.05, 0.1) is 0 Å². The van der Waals surface area contributed by atoms with Gasteiger partial charge < -0.3 is 10.1 Å². The predicted molar refractivity (Wildman–Crippen MR) is 112 cm³/mol. The Kier molecular flexibility index (Phi) is 7.43. The Bertz CT molecular complexity index is 765. The third-order valence-electron chi connectivity index (χ3n) is 4.96. The lowest BCUT2D eigenvalue weighted by Crippen LogP contribution is -2.30. The van der Waals surface area contributed by atoms with E-state index in [0.717, 1.165) is 42.2 Å². The van der Waals surface area contributed by atoms with Crippen molar-refractivity contribution >= 4 is 11.6 Å². The van der Waals surface area contributed by atoms with Gasteiger partial charge in [-0.1, -0.05) is 32.0 Å². The van der Waals surface area contributed by atoms with Crippen LogP contribution in [0.15, 0.2) is 36.4 Å². The SMILES string of the molecule is CCN(CC)Cc1ccc(NC(=O)[C@H](C)Oc2cc(C)cc(C)c2C)cc1. The molecule has 4 nitrogen and oxygen atoms in total. The lowest BCUT2D eigenvalue weighted by Gasteiger charge is -2.19. The molecule has 0 aliphatic heterocycles. The van der Waals surface area contributed by atoms with E-state index in [4.69, 9.17) is 4.74 Å². The number of rotatable bonds is 8. The van der Waals surface area contributed by atoms with Gasteiger partial charge in [0, 0.05) is 12.2 Å². The second-order valence-electron chi connectivity index (χ2n) is 7.11. The van der Waals surface area contributed by atoms with E-state index < -0.39 is 6.10 Å². The second-order valence-corrected chi connectivity index (χ2v) is 7.11. The quantitative estimate of drug-likeness (QED) is 0.723. The lowest BCUT2D eigenvalue weighted by molar-refractivity contribution is -0.122. The Morgan fingerprint density at radius 1 is 1.07 bits per heavy atom. The number of amides is 1. The maximum Gasteiger partial charge on any atom is 0.265 e. The number of nitrogens with one attached hydrogen (secondary N) is 1. The molecule has 0 radical (unpaired) electrons. The minimum absolute atomic E-state index is 0.148. The molecule has 0 saturated carbocycles. The lowest BCUT2D eigenvalue weighted by atomic mass is 10.1. The van der Waals surface area contributed by atoms with Gasteiger partial charge >= 0.3 is 0 Å². The molecule has 0 aliphatic rings. The van der Waals surface area contributed by atoms with Crippen LogP contribution in [0.25, 0.3) is 0 Å². The minimum Gasteiger partial charge on any atom is -0.481 e. The molecule has 4 heteroatoms. The van der Waals surface area contributed by atoms with E-state index in [2.05, 4.69) is 49.2 Å². The molecule has 0 aliphatic carbocycles. The number of benzene rings is 2. The van der Waals surface area contributed by atoms with Gasteiger partial charge in [-0.05, 0) is 81.2 Å². The summed E-state index contributed by atoms with van der Waals surface area (Å²) >= 11 is 0. The van der Waals surface area contributed by atoms with Crippen molar-refractivity contribution in [1.29, 1.82) is 0 Å². The highest BCUT2D eigenvalue weighted by Crippen LogP contribution is 2.24. The summed E-state index contributed by atoms with van der Waals surface area (Å²) in [6.45, 7) is 15.2. The first-order valence-corrected chi connectivity index (χ1v) is 9.70. The largest absolute Gasteiger partial charge is 0.481 e. The van der Waals surface area contributed by atoms with Crippen LogP contribution >= 0.6 is 0 Å². The normalized spacial score (nSPS) is 12.1. The molecule has 0 saturated heterocycles. The van der Waals surface area contributed by atoms with Crippen LogP contribution in [-0.4, -0.2) is 30.0 Å². The number of anilines is 1. The van der Waals surface area contributed by atoms with Crippen molar-refractivity contribution in [3.63, 3.8) is 0 Å². The molecule has 0 spiro atoms. The summed E-state index contributed by atoms with van der Waals surface area (Å²) in [5.41, 5.74) is 5.40. The zero-order valence-corrected chi connectivity index (χ0v) is 17.4. The number of hydrogen-bond acceptors (Lipinski definition) is 3. The number of carbonyl (C=O) groups is 1. The first kappa shape index (κ1) is 21.0. The molecule has 2 rings (SSSR count). The molecule has 146 valence electrons. The third kappa shape index (κ3) is 5.83. The Balaban J connectivity index is 1.98. The van der Waals surface area contributed by atoms with Crippen LogP contribution < -0.4 is 10.1 Å². The monoisotopic (exact) mass is 368 g/mol. The topological polar surface area (TPSA) is 41.6 Å². The summed E-state index contributed by atoms with van der Waals surface area (Å²) in [5.74, 6) is 0.620. The fourth-order valence-electron chi connectivity index (χ4n) is 3.01. The van der Waals surface area contributed by atoms with Gasteiger partial charge in [-0.25, -0.2) is 0 Å². The van der Waals surface area contributed by atoms with E-state index in [9.17, 15) is 4.79 Å². The molecular weight excluding hydrogens is 336 g/mol. The maximum absolute atomic E-state index is 12.5. The van der Waals surface area contributed by atoms with Crippen LogP contribution in [0.5, 0.6) is 5.75 Å². The minimum atomic E-state index is -0.569. The van der Waals surface area contributed by atoms with Crippen molar-refractivity contribution in [1.82, 2.24) is 4.90 Å². The molecule has 0 unspecified atom stereocenters. The average Bonchev–Trinajstić information content (AvgIpc) is 2.64. The summed E-state index contributed by atoms with van der Waals surface area (Å²) in [6.07, 6.45) is -0.569. The highest BCUT2D eigenvalue weighted by molar-refractivity contribution is 5.94. The summed E-state index contributed by atoms with van der Waals surface area (Å²) < 4.78 is 5.93. The molecule has 1 N–H and O–H groups in total. The molecule has 1 atom stereocenters. The summed E-state index contributed by atoms with van der Waals surface area (Å²) in [4.78, 5) is 14.9. The summed E-state index contributed by atoms with van der Waals surface area (Å²) in [7, 11) is 0. The Morgan fingerprint density at radius 3 is 2.30 bits per heavy atom. The second kappa shape index (κ2) is 9.56.